The molecule has 0 radical (unpaired) electrons. The van der Waals surface area contributed by atoms with E-state index in [4.69, 9.17) is 15.2 Å². The number of methoxy groups -OCH3 is 1. The Hall–Kier alpha value is -5.49. The van der Waals surface area contributed by atoms with Crippen molar-refractivity contribution in [2.75, 3.05) is 23.5 Å². The van der Waals surface area contributed by atoms with Crippen molar-refractivity contribution in [2.24, 2.45) is 0 Å². The molecule has 2 heterocycles. The number of carbonyl (C=O) groups excluding carboxylic acids is 1. The summed E-state index contributed by atoms with van der Waals surface area (Å²) in [4.78, 5) is 13.1. The number of nitrogens with two attached hydrogens (primary N) is 1. The lowest BCUT2D eigenvalue weighted by Gasteiger charge is -2.13. The van der Waals surface area contributed by atoms with Gasteiger partial charge in [0.15, 0.2) is 11.5 Å². The van der Waals surface area contributed by atoms with Gasteiger partial charge in [0.05, 0.1) is 42.0 Å². The largest absolute Gasteiger partial charge is 0.493 e. The van der Waals surface area contributed by atoms with Crippen molar-refractivity contribution in [1.82, 2.24) is 9.61 Å². The van der Waals surface area contributed by atoms with Crippen molar-refractivity contribution >= 4 is 34.2 Å². The minimum atomic E-state index is -0.274. The lowest BCUT2D eigenvalue weighted by molar-refractivity contribution is 0.102. The summed E-state index contributed by atoms with van der Waals surface area (Å²) in [5.41, 5.74) is 12.6. The maximum absolute atomic E-state index is 13.1. The highest BCUT2D eigenvalue weighted by Crippen LogP contribution is 2.35. The average molecular weight is 533 g/mol. The minimum absolute atomic E-state index is 0.274. The number of ether oxygens (including phenoxy) is 2. The lowest BCUT2D eigenvalue weighted by atomic mass is 10.0. The van der Waals surface area contributed by atoms with E-state index in [1.807, 2.05) is 75.4 Å². The molecule has 0 atom stereocenters. The fourth-order valence-corrected chi connectivity index (χ4v) is 4.51. The van der Waals surface area contributed by atoms with E-state index < -0.39 is 0 Å². The maximum atomic E-state index is 13.1. The van der Waals surface area contributed by atoms with Crippen LogP contribution in [0.4, 0.5) is 22.7 Å². The van der Waals surface area contributed by atoms with Crippen molar-refractivity contribution in [3.63, 3.8) is 0 Å². The van der Waals surface area contributed by atoms with Crippen molar-refractivity contribution in [3.05, 3.63) is 101 Å². The molecule has 0 bridgehead atoms. The second-order valence-electron chi connectivity index (χ2n) is 9.33. The summed E-state index contributed by atoms with van der Waals surface area (Å²) in [5, 5.41) is 20.5. The van der Waals surface area contributed by atoms with Crippen LogP contribution in [0.2, 0.25) is 0 Å². The molecule has 2 aromatic heterocycles. The molecule has 0 aliphatic carbocycles. The monoisotopic (exact) mass is 532 g/mol. The number of hydrogen-bond donors (Lipinski definition) is 3. The lowest BCUT2D eigenvalue weighted by Crippen LogP contribution is -2.14. The quantitative estimate of drug-likeness (QED) is 0.204. The number of benzene rings is 3. The molecule has 0 saturated heterocycles. The number of carbonyl (C=O) groups is 1. The van der Waals surface area contributed by atoms with Gasteiger partial charge in [-0.1, -0.05) is 18.2 Å². The van der Waals surface area contributed by atoms with E-state index in [0.717, 1.165) is 22.4 Å². The molecule has 0 unspecified atom stereocenters. The van der Waals surface area contributed by atoms with Gasteiger partial charge in [0.25, 0.3) is 5.91 Å². The number of aryl methyl sites for hydroxylation is 2. The van der Waals surface area contributed by atoms with Crippen molar-refractivity contribution in [1.29, 1.82) is 5.26 Å². The van der Waals surface area contributed by atoms with Gasteiger partial charge in [0, 0.05) is 22.5 Å². The van der Waals surface area contributed by atoms with Crippen molar-refractivity contribution in [2.45, 2.75) is 20.8 Å². The van der Waals surface area contributed by atoms with Gasteiger partial charge < -0.3 is 25.8 Å². The van der Waals surface area contributed by atoms with Gasteiger partial charge in [-0.3, -0.25) is 4.79 Å². The Morgan fingerprint density at radius 3 is 2.42 bits per heavy atom. The third kappa shape index (κ3) is 4.86. The Balaban J connectivity index is 1.44. The van der Waals surface area contributed by atoms with Crippen LogP contribution in [-0.2, 0) is 0 Å². The molecule has 0 saturated carbocycles. The fourth-order valence-electron chi connectivity index (χ4n) is 4.51. The third-order valence-corrected chi connectivity index (χ3v) is 6.82. The number of para-hydroxylation sites is 2. The third-order valence-electron chi connectivity index (χ3n) is 6.82. The van der Waals surface area contributed by atoms with E-state index in [2.05, 4.69) is 21.8 Å². The summed E-state index contributed by atoms with van der Waals surface area (Å²) in [6.07, 6.45) is 3.22. The highest BCUT2D eigenvalue weighted by Gasteiger charge is 2.19. The van der Waals surface area contributed by atoms with Crippen molar-refractivity contribution < 1.29 is 14.3 Å². The van der Waals surface area contributed by atoms with Gasteiger partial charge in [-0.2, -0.15) is 10.4 Å². The van der Waals surface area contributed by atoms with Crippen LogP contribution in [0.3, 0.4) is 0 Å². The van der Waals surface area contributed by atoms with Crippen LogP contribution in [0.5, 0.6) is 17.2 Å². The van der Waals surface area contributed by atoms with Crippen LogP contribution < -0.4 is 25.8 Å². The molecule has 4 N–H and O–H groups in total. The van der Waals surface area contributed by atoms with Gasteiger partial charge in [0.1, 0.15) is 11.8 Å². The SMILES string of the molecule is COc1ccccc1Oc1ccc(Nc2c(C#N)cnn3cc(NC(=O)c4ccc(C)c(N)c4C)c(C)c23)cc1. The van der Waals surface area contributed by atoms with Crippen LogP contribution in [0.25, 0.3) is 5.52 Å². The Bertz CT molecular complexity index is 1780. The first-order valence-electron chi connectivity index (χ1n) is 12.6. The molecule has 0 aliphatic heterocycles. The molecule has 0 spiro atoms. The number of hydrogen-bond acceptors (Lipinski definition) is 7. The Labute approximate surface area is 231 Å². The zero-order valence-corrected chi connectivity index (χ0v) is 22.6. The topological polar surface area (TPSA) is 127 Å². The molecule has 3 aromatic carbocycles. The number of nitriles is 1. The van der Waals surface area contributed by atoms with Gasteiger partial charge in [-0.25, -0.2) is 4.52 Å². The zero-order valence-electron chi connectivity index (χ0n) is 22.6. The van der Waals surface area contributed by atoms with Crippen LogP contribution in [0, 0.1) is 32.1 Å². The molecular weight excluding hydrogens is 504 g/mol. The van der Waals surface area contributed by atoms with E-state index in [1.165, 1.54) is 6.20 Å². The second kappa shape index (κ2) is 10.7. The van der Waals surface area contributed by atoms with E-state index in [1.54, 1.807) is 23.9 Å². The Morgan fingerprint density at radius 1 is 1.00 bits per heavy atom. The number of nitrogen functional groups attached to an aromatic ring is 1. The highest BCUT2D eigenvalue weighted by atomic mass is 16.5. The van der Waals surface area contributed by atoms with Crippen molar-refractivity contribution in [3.8, 4) is 23.3 Å². The van der Waals surface area contributed by atoms with Gasteiger partial charge >= 0.3 is 0 Å². The number of anilines is 4. The molecule has 0 fully saturated rings. The second-order valence-corrected chi connectivity index (χ2v) is 9.33. The molecule has 0 aliphatic rings. The Kier molecular flexibility index (Phi) is 7.00. The summed E-state index contributed by atoms with van der Waals surface area (Å²) in [6, 6.07) is 20.6. The van der Waals surface area contributed by atoms with E-state index in [9.17, 15) is 10.1 Å². The predicted molar refractivity (Wildman–Crippen MR) is 156 cm³/mol. The first-order valence-corrected chi connectivity index (χ1v) is 12.6. The summed E-state index contributed by atoms with van der Waals surface area (Å²) in [6.45, 7) is 5.61. The van der Waals surface area contributed by atoms with Gasteiger partial charge in [0.2, 0.25) is 0 Å². The summed E-state index contributed by atoms with van der Waals surface area (Å²) < 4.78 is 13.0. The zero-order chi connectivity index (χ0) is 28.4. The number of rotatable bonds is 7. The number of nitrogens with zero attached hydrogens (tertiary/aromatic N) is 3. The predicted octanol–water partition coefficient (Wildman–Crippen LogP) is 6.51. The van der Waals surface area contributed by atoms with Crippen LogP contribution in [0.15, 0.2) is 73.1 Å². The van der Waals surface area contributed by atoms with Crippen LogP contribution in [-0.4, -0.2) is 22.6 Å². The standard InChI is InChI=1S/C31H28N6O3/c1-18-9-14-24(19(2)28(18)33)31(38)36-25-17-37-30(20(25)3)29(21(15-32)16-34-37)35-22-10-12-23(13-11-22)40-27-8-6-5-7-26(27)39-4/h5-14,16-17,35H,33H2,1-4H3,(H,36,38). The molecule has 5 rings (SSSR count). The number of nitrogens with one attached hydrogen (secondary N) is 2. The van der Waals surface area contributed by atoms with Crippen LogP contribution in [0.1, 0.15) is 32.6 Å². The molecule has 1 amide bonds. The van der Waals surface area contributed by atoms with E-state index in [0.29, 0.717) is 51.0 Å². The minimum Gasteiger partial charge on any atom is -0.493 e. The molecule has 200 valence electrons. The highest BCUT2D eigenvalue weighted by molar-refractivity contribution is 6.07. The summed E-state index contributed by atoms with van der Waals surface area (Å²) >= 11 is 0. The summed E-state index contributed by atoms with van der Waals surface area (Å²) in [5.74, 6) is 1.60. The average Bonchev–Trinajstić information content (AvgIpc) is 3.28. The van der Waals surface area contributed by atoms with Gasteiger partial charge in [-0.05, 0) is 74.4 Å². The summed E-state index contributed by atoms with van der Waals surface area (Å²) in [7, 11) is 1.59. The molecule has 9 heteroatoms. The first kappa shape index (κ1) is 26.1. The van der Waals surface area contributed by atoms with E-state index in [-0.39, 0.29) is 5.91 Å². The molecule has 40 heavy (non-hydrogen) atoms. The first-order chi connectivity index (χ1) is 19.3. The normalized spacial score (nSPS) is 10.7. The number of amides is 1. The van der Waals surface area contributed by atoms with E-state index >= 15 is 0 Å². The fraction of sp³-hybridized carbons (Fsp3) is 0.129. The maximum Gasteiger partial charge on any atom is 0.256 e. The number of fused-ring (bicyclic) bond motifs is 1. The Morgan fingerprint density at radius 2 is 1.73 bits per heavy atom. The smallest absolute Gasteiger partial charge is 0.256 e. The molecule has 9 nitrogen and oxygen atoms in total. The molecule has 5 aromatic rings. The molecular formula is C31H28N6O3. The van der Waals surface area contributed by atoms with Gasteiger partial charge in [-0.15, -0.1) is 0 Å². The van der Waals surface area contributed by atoms with Crippen LogP contribution >= 0.6 is 0 Å². The number of aromatic nitrogens is 2.